The van der Waals surface area contributed by atoms with Crippen molar-refractivity contribution >= 4 is 28.5 Å². The topological polar surface area (TPSA) is 18.5 Å². The second-order valence-corrected chi connectivity index (χ2v) is 6.01. The first-order chi connectivity index (χ1) is 8.02. The first-order valence-electron chi connectivity index (χ1n) is 5.90. The number of alkyl halides is 1. The number of hydrogen-bond acceptors (Lipinski definition) is 2. The van der Waals surface area contributed by atoms with E-state index >= 15 is 0 Å². The van der Waals surface area contributed by atoms with Gasteiger partial charge in [-0.1, -0.05) is 53.5 Å². The van der Waals surface area contributed by atoms with Gasteiger partial charge in [0.25, 0.3) is 0 Å². The molecule has 2 rings (SSSR count). The molecule has 0 saturated carbocycles. The van der Waals surface area contributed by atoms with Gasteiger partial charge in [0.05, 0.1) is 0 Å². The summed E-state index contributed by atoms with van der Waals surface area (Å²) in [5.74, 6) is 0. The summed E-state index contributed by atoms with van der Waals surface area (Å²) in [6.45, 7) is 7.90. The Bertz CT molecular complexity index is 396. The van der Waals surface area contributed by atoms with Crippen molar-refractivity contribution in [3.05, 3.63) is 29.3 Å². The van der Waals surface area contributed by atoms with Crippen LogP contribution in [0.1, 0.15) is 25.0 Å². The molecule has 1 fully saturated rings. The van der Waals surface area contributed by atoms with Gasteiger partial charge in [-0.3, -0.25) is 0 Å². The van der Waals surface area contributed by atoms with E-state index in [-0.39, 0.29) is 12.5 Å². The summed E-state index contributed by atoms with van der Waals surface area (Å²) in [5, 5.41) is 0.830. The minimum atomic E-state index is -0.212. The first kappa shape index (κ1) is 13.1. The second kappa shape index (κ2) is 5.13. The molecule has 0 amide bonds. The Hall–Kier alpha value is -0.315. The maximum Gasteiger partial charge on any atom is 0.494 e. The molecule has 0 aliphatic carbocycles. The Labute approximate surface area is 112 Å². The van der Waals surface area contributed by atoms with Crippen LogP contribution in [0.25, 0.3) is 0 Å². The Morgan fingerprint density at radius 1 is 1.29 bits per heavy atom. The van der Waals surface area contributed by atoms with Gasteiger partial charge in [0, 0.05) is 24.0 Å². The Balaban J connectivity index is 2.18. The molecule has 1 aromatic rings. The predicted molar refractivity (Wildman–Crippen MR) is 74.9 cm³/mol. The molecule has 92 valence electrons. The lowest BCUT2D eigenvalue weighted by atomic mass is 9.73. The van der Waals surface area contributed by atoms with E-state index in [4.69, 9.17) is 9.31 Å². The Kier molecular flexibility index (Phi) is 3.96. The fraction of sp³-hybridized carbons (Fsp3) is 0.538. The highest BCUT2D eigenvalue weighted by Gasteiger charge is 2.34. The van der Waals surface area contributed by atoms with Crippen molar-refractivity contribution in [2.24, 2.45) is 5.41 Å². The minimum absolute atomic E-state index is 0.121. The monoisotopic (exact) mass is 296 g/mol. The molecular weight excluding hydrogens is 279 g/mol. The van der Waals surface area contributed by atoms with E-state index < -0.39 is 0 Å². The van der Waals surface area contributed by atoms with Gasteiger partial charge in [-0.25, -0.2) is 0 Å². The fourth-order valence-electron chi connectivity index (χ4n) is 1.95. The zero-order chi connectivity index (χ0) is 12.5. The van der Waals surface area contributed by atoms with E-state index in [1.54, 1.807) is 0 Å². The van der Waals surface area contributed by atoms with Crippen molar-refractivity contribution < 1.29 is 9.31 Å². The number of aryl methyl sites for hydroxylation is 1. The van der Waals surface area contributed by atoms with Crippen molar-refractivity contribution in [3.8, 4) is 0 Å². The molecule has 1 heterocycles. The van der Waals surface area contributed by atoms with Gasteiger partial charge in [-0.05, 0) is 17.9 Å². The maximum atomic E-state index is 5.82. The maximum absolute atomic E-state index is 5.82. The number of hydrogen-bond donors (Lipinski definition) is 0. The molecule has 1 saturated heterocycles. The molecule has 0 atom stereocenters. The molecule has 1 aliphatic rings. The lowest BCUT2D eigenvalue weighted by Crippen LogP contribution is -2.48. The molecule has 4 heteroatoms. The van der Waals surface area contributed by atoms with Gasteiger partial charge < -0.3 is 9.31 Å². The number of halogens is 1. The molecule has 1 aliphatic heterocycles. The van der Waals surface area contributed by atoms with Gasteiger partial charge in [-0.2, -0.15) is 0 Å². The van der Waals surface area contributed by atoms with Crippen LogP contribution < -0.4 is 5.46 Å². The van der Waals surface area contributed by atoms with Crippen LogP contribution in [0.2, 0.25) is 0 Å². The summed E-state index contributed by atoms with van der Waals surface area (Å²) in [7, 11) is -0.212. The van der Waals surface area contributed by atoms with Crippen LogP contribution in [0.3, 0.4) is 0 Å². The number of rotatable bonds is 2. The highest BCUT2D eigenvalue weighted by Crippen LogP contribution is 2.22. The largest absolute Gasteiger partial charge is 0.494 e. The van der Waals surface area contributed by atoms with Crippen LogP contribution in [-0.2, 0) is 14.6 Å². The first-order valence-corrected chi connectivity index (χ1v) is 7.02. The average molecular weight is 297 g/mol. The van der Waals surface area contributed by atoms with E-state index in [1.165, 1.54) is 11.1 Å². The van der Waals surface area contributed by atoms with Crippen LogP contribution in [0.5, 0.6) is 0 Å². The van der Waals surface area contributed by atoms with Crippen molar-refractivity contribution in [1.29, 1.82) is 0 Å². The third-order valence-corrected chi connectivity index (χ3v) is 3.55. The van der Waals surface area contributed by atoms with Crippen molar-refractivity contribution in [1.82, 2.24) is 0 Å². The van der Waals surface area contributed by atoms with Gasteiger partial charge in [0.2, 0.25) is 0 Å². The quantitative estimate of drug-likeness (QED) is 0.617. The fourth-order valence-corrected chi connectivity index (χ4v) is 2.44. The Morgan fingerprint density at radius 2 is 1.94 bits per heavy atom. The second-order valence-electron chi connectivity index (χ2n) is 5.45. The summed E-state index contributed by atoms with van der Waals surface area (Å²) < 4.78 is 11.6. The molecular formula is C13H18BBrO2. The molecule has 0 bridgehead atoms. The summed E-state index contributed by atoms with van der Waals surface area (Å²) >= 11 is 3.52. The molecule has 0 N–H and O–H groups in total. The third-order valence-electron chi connectivity index (χ3n) is 2.95. The van der Waals surface area contributed by atoms with Crippen LogP contribution in [0, 0.1) is 12.3 Å². The third kappa shape index (κ3) is 3.12. The lowest BCUT2D eigenvalue weighted by Gasteiger charge is -2.33. The lowest BCUT2D eigenvalue weighted by molar-refractivity contribution is 0.0342. The molecule has 17 heavy (non-hydrogen) atoms. The summed E-state index contributed by atoms with van der Waals surface area (Å²) in [4.78, 5) is 0. The molecule has 0 unspecified atom stereocenters. The Morgan fingerprint density at radius 3 is 2.53 bits per heavy atom. The average Bonchev–Trinajstić information content (AvgIpc) is 2.29. The van der Waals surface area contributed by atoms with E-state index in [0.29, 0.717) is 0 Å². The molecule has 1 aromatic carbocycles. The molecule has 2 nitrogen and oxygen atoms in total. The van der Waals surface area contributed by atoms with Crippen LogP contribution in [-0.4, -0.2) is 20.3 Å². The highest BCUT2D eigenvalue weighted by atomic mass is 79.9. The van der Waals surface area contributed by atoms with Gasteiger partial charge in [-0.15, -0.1) is 0 Å². The molecule has 0 spiro atoms. The summed E-state index contributed by atoms with van der Waals surface area (Å²) in [6.07, 6.45) is 0. The van der Waals surface area contributed by atoms with Crippen molar-refractivity contribution in [2.45, 2.75) is 26.1 Å². The predicted octanol–water partition coefficient (Wildman–Crippen LogP) is 2.66. The van der Waals surface area contributed by atoms with Crippen molar-refractivity contribution in [3.63, 3.8) is 0 Å². The van der Waals surface area contributed by atoms with Crippen LogP contribution >= 0.6 is 15.9 Å². The number of benzene rings is 1. The minimum Gasteiger partial charge on any atom is -0.407 e. The van der Waals surface area contributed by atoms with Gasteiger partial charge in [0.15, 0.2) is 0 Å². The zero-order valence-corrected chi connectivity index (χ0v) is 12.2. The summed E-state index contributed by atoms with van der Waals surface area (Å²) in [6, 6.07) is 6.39. The normalized spacial score (nSPS) is 19.4. The van der Waals surface area contributed by atoms with Gasteiger partial charge in [0.1, 0.15) is 0 Å². The standard InChI is InChI=1S/C13H18BBrO2/c1-10-4-5-12(11(6-10)7-15)14-16-8-13(2,3)9-17-14/h4-6H,7-9H2,1-3H3. The SMILES string of the molecule is Cc1ccc(B2OCC(C)(C)CO2)c(CBr)c1. The van der Waals surface area contributed by atoms with E-state index in [1.807, 2.05) is 0 Å². The van der Waals surface area contributed by atoms with Crippen LogP contribution in [0.4, 0.5) is 0 Å². The van der Waals surface area contributed by atoms with Crippen LogP contribution in [0.15, 0.2) is 18.2 Å². The summed E-state index contributed by atoms with van der Waals surface area (Å²) in [5.41, 5.74) is 3.77. The molecule has 0 aromatic heterocycles. The zero-order valence-electron chi connectivity index (χ0n) is 10.6. The van der Waals surface area contributed by atoms with E-state index in [0.717, 1.165) is 24.0 Å². The van der Waals surface area contributed by atoms with E-state index in [2.05, 4.69) is 54.9 Å². The highest BCUT2D eigenvalue weighted by molar-refractivity contribution is 9.08. The van der Waals surface area contributed by atoms with E-state index in [9.17, 15) is 0 Å². The van der Waals surface area contributed by atoms with Crippen molar-refractivity contribution in [2.75, 3.05) is 13.2 Å². The van der Waals surface area contributed by atoms with Gasteiger partial charge >= 0.3 is 7.12 Å². The molecule has 0 radical (unpaired) electrons. The smallest absolute Gasteiger partial charge is 0.407 e.